The molecule has 0 atom stereocenters. The fourth-order valence-corrected chi connectivity index (χ4v) is 5.22. The van der Waals surface area contributed by atoms with Crippen LogP contribution in [-0.4, -0.2) is 67.0 Å². The molecule has 0 spiro atoms. The van der Waals surface area contributed by atoms with Crippen LogP contribution in [0, 0.1) is 5.92 Å². The lowest BCUT2D eigenvalue weighted by molar-refractivity contribution is -0.132. The number of benzene rings is 1. The van der Waals surface area contributed by atoms with Gasteiger partial charge in [0.15, 0.2) is 5.13 Å². The molecular weight excluding hydrogens is 440 g/mol. The van der Waals surface area contributed by atoms with Crippen LogP contribution in [0.15, 0.2) is 23.6 Å². The van der Waals surface area contributed by atoms with E-state index in [-0.39, 0.29) is 24.2 Å². The van der Waals surface area contributed by atoms with Crippen molar-refractivity contribution in [2.45, 2.75) is 38.6 Å². The predicted octanol–water partition coefficient (Wildman–Crippen LogP) is 3.18. The monoisotopic (exact) mass is 472 g/mol. The van der Waals surface area contributed by atoms with E-state index in [1.807, 2.05) is 28.5 Å². The second kappa shape index (κ2) is 11.0. The summed E-state index contributed by atoms with van der Waals surface area (Å²) in [4.78, 5) is 33.8. The summed E-state index contributed by atoms with van der Waals surface area (Å²) in [5.74, 6) is 1.89. The zero-order chi connectivity index (χ0) is 23.2. The zero-order valence-electron chi connectivity index (χ0n) is 19.3. The van der Waals surface area contributed by atoms with Crippen LogP contribution in [0.25, 0.3) is 0 Å². The molecule has 2 fully saturated rings. The summed E-state index contributed by atoms with van der Waals surface area (Å²) in [7, 11) is 3.33. The Bertz CT molecular complexity index is 965. The van der Waals surface area contributed by atoms with E-state index >= 15 is 0 Å². The number of nitrogens with one attached hydrogen (secondary N) is 1. The maximum Gasteiger partial charge on any atom is 0.229 e. The number of hydrogen-bond acceptors (Lipinski definition) is 7. The number of methoxy groups -OCH3 is 2. The Kier molecular flexibility index (Phi) is 7.82. The average molecular weight is 473 g/mol. The Morgan fingerprint density at radius 1 is 1.12 bits per heavy atom. The van der Waals surface area contributed by atoms with Crippen LogP contribution >= 0.6 is 11.3 Å². The third-order valence-corrected chi connectivity index (χ3v) is 7.25. The number of ether oxygens (including phenoxy) is 2. The Labute approximate surface area is 198 Å². The first-order chi connectivity index (χ1) is 16.1. The molecule has 1 aromatic heterocycles. The van der Waals surface area contributed by atoms with Crippen molar-refractivity contribution < 1.29 is 19.1 Å². The second-order valence-corrected chi connectivity index (χ2v) is 9.48. The molecule has 0 unspecified atom stereocenters. The number of aromatic nitrogens is 1. The van der Waals surface area contributed by atoms with Crippen LogP contribution in [0.5, 0.6) is 11.5 Å². The molecule has 2 heterocycles. The van der Waals surface area contributed by atoms with Crippen LogP contribution in [0.4, 0.5) is 5.13 Å². The molecule has 2 amide bonds. The quantitative estimate of drug-likeness (QED) is 0.635. The third-order valence-electron chi connectivity index (χ3n) is 6.45. The van der Waals surface area contributed by atoms with E-state index in [0.717, 1.165) is 68.1 Å². The van der Waals surface area contributed by atoms with Crippen LogP contribution in [0.3, 0.4) is 0 Å². The normalized spacial score (nSPS) is 17.2. The van der Waals surface area contributed by atoms with Crippen LogP contribution in [-0.2, 0) is 22.6 Å². The molecule has 1 saturated carbocycles. The molecule has 4 rings (SSSR count). The summed E-state index contributed by atoms with van der Waals surface area (Å²) in [6.45, 7) is 3.71. The predicted molar refractivity (Wildman–Crippen MR) is 128 cm³/mol. The number of carbonyl (C=O) groups is 2. The molecule has 1 aliphatic heterocycles. The molecule has 0 bridgehead atoms. The van der Waals surface area contributed by atoms with Crippen LogP contribution in [0.2, 0.25) is 0 Å². The number of carbonyl (C=O) groups excluding carboxylic acids is 2. The van der Waals surface area contributed by atoms with Gasteiger partial charge in [-0.1, -0.05) is 12.8 Å². The van der Waals surface area contributed by atoms with E-state index in [0.29, 0.717) is 18.2 Å². The fraction of sp³-hybridized carbons (Fsp3) is 0.542. The van der Waals surface area contributed by atoms with E-state index in [9.17, 15) is 9.59 Å². The van der Waals surface area contributed by atoms with Gasteiger partial charge in [-0.2, -0.15) is 0 Å². The van der Waals surface area contributed by atoms with Crippen molar-refractivity contribution in [2.24, 2.45) is 5.92 Å². The summed E-state index contributed by atoms with van der Waals surface area (Å²) >= 11 is 1.39. The van der Waals surface area contributed by atoms with Crippen molar-refractivity contribution in [3.05, 3.63) is 34.8 Å². The molecule has 0 radical (unpaired) electrons. The molecular formula is C24H32N4O4S. The second-order valence-electron chi connectivity index (χ2n) is 8.63. The minimum Gasteiger partial charge on any atom is -0.497 e. The third kappa shape index (κ3) is 6.03. The number of piperazine rings is 1. The maximum absolute atomic E-state index is 12.8. The van der Waals surface area contributed by atoms with Crippen molar-refractivity contribution in [3.63, 3.8) is 0 Å². The molecule has 2 aliphatic rings. The number of hydrogen-bond donors (Lipinski definition) is 1. The molecule has 33 heavy (non-hydrogen) atoms. The summed E-state index contributed by atoms with van der Waals surface area (Å²) in [6, 6.07) is 5.82. The number of anilines is 1. The van der Waals surface area contributed by atoms with Gasteiger partial charge in [0.2, 0.25) is 11.8 Å². The average Bonchev–Trinajstić information content (AvgIpc) is 3.52. The molecule has 9 heteroatoms. The van der Waals surface area contributed by atoms with Gasteiger partial charge in [0.05, 0.1) is 26.3 Å². The molecule has 1 aliphatic carbocycles. The van der Waals surface area contributed by atoms with Crippen LogP contribution < -0.4 is 14.8 Å². The summed E-state index contributed by atoms with van der Waals surface area (Å²) in [5, 5.41) is 5.38. The summed E-state index contributed by atoms with van der Waals surface area (Å²) < 4.78 is 10.8. The smallest absolute Gasteiger partial charge is 0.229 e. The minimum absolute atomic E-state index is 0.0588. The Balaban J connectivity index is 1.25. The number of nitrogens with zero attached hydrogens (tertiary/aromatic N) is 3. The standard InChI is InChI=1S/C24H32N4O4S/c1-31-20-7-8-21(32-2)18(13-20)15-27-9-11-28(12-10-27)22(29)14-19-16-33-24(25-19)26-23(30)17-5-3-4-6-17/h7-8,13,16-17H,3-6,9-12,14-15H2,1-2H3,(H,25,26,30). The highest BCUT2D eigenvalue weighted by Crippen LogP contribution is 2.27. The van der Waals surface area contributed by atoms with E-state index in [2.05, 4.69) is 15.2 Å². The first kappa shape index (κ1) is 23.5. The Morgan fingerprint density at radius 3 is 2.58 bits per heavy atom. The van der Waals surface area contributed by atoms with Crippen molar-refractivity contribution >= 4 is 28.3 Å². The summed E-state index contributed by atoms with van der Waals surface area (Å²) in [5.41, 5.74) is 1.79. The van der Waals surface area contributed by atoms with Gasteiger partial charge in [-0.05, 0) is 31.0 Å². The largest absolute Gasteiger partial charge is 0.497 e. The van der Waals surface area contributed by atoms with E-state index in [1.165, 1.54) is 11.3 Å². The highest BCUT2D eigenvalue weighted by atomic mass is 32.1. The van der Waals surface area contributed by atoms with E-state index < -0.39 is 0 Å². The summed E-state index contributed by atoms with van der Waals surface area (Å²) in [6.07, 6.45) is 4.42. The molecule has 8 nitrogen and oxygen atoms in total. The molecule has 1 saturated heterocycles. The fourth-order valence-electron chi connectivity index (χ4n) is 4.51. The highest BCUT2D eigenvalue weighted by Gasteiger charge is 2.25. The van der Waals surface area contributed by atoms with Gasteiger partial charge < -0.3 is 19.7 Å². The van der Waals surface area contributed by atoms with Gasteiger partial charge in [0, 0.05) is 49.6 Å². The lowest BCUT2D eigenvalue weighted by Gasteiger charge is -2.35. The van der Waals surface area contributed by atoms with Crippen LogP contribution in [0.1, 0.15) is 36.9 Å². The van der Waals surface area contributed by atoms with E-state index in [1.54, 1.807) is 14.2 Å². The Morgan fingerprint density at radius 2 is 1.88 bits per heavy atom. The Hall–Kier alpha value is -2.65. The number of thiazole rings is 1. The van der Waals surface area contributed by atoms with Crippen molar-refractivity contribution in [1.82, 2.24) is 14.8 Å². The van der Waals surface area contributed by atoms with E-state index in [4.69, 9.17) is 9.47 Å². The van der Waals surface area contributed by atoms with Gasteiger partial charge in [0.1, 0.15) is 11.5 Å². The van der Waals surface area contributed by atoms with Gasteiger partial charge in [-0.15, -0.1) is 11.3 Å². The number of amides is 2. The van der Waals surface area contributed by atoms with Gasteiger partial charge in [-0.3, -0.25) is 14.5 Å². The SMILES string of the molecule is COc1ccc(OC)c(CN2CCN(C(=O)Cc3csc(NC(=O)C4CCCC4)n3)CC2)c1. The molecule has 1 aromatic carbocycles. The molecule has 2 aromatic rings. The first-order valence-electron chi connectivity index (χ1n) is 11.5. The molecule has 178 valence electrons. The topological polar surface area (TPSA) is 84.0 Å². The zero-order valence-corrected chi connectivity index (χ0v) is 20.2. The van der Waals surface area contributed by atoms with Crippen molar-refractivity contribution in [3.8, 4) is 11.5 Å². The molecule has 1 N–H and O–H groups in total. The maximum atomic E-state index is 12.8. The lowest BCUT2D eigenvalue weighted by Crippen LogP contribution is -2.48. The first-order valence-corrected chi connectivity index (χ1v) is 12.4. The van der Waals surface area contributed by atoms with Gasteiger partial charge in [0.25, 0.3) is 0 Å². The van der Waals surface area contributed by atoms with Gasteiger partial charge in [-0.25, -0.2) is 4.98 Å². The van der Waals surface area contributed by atoms with Gasteiger partial charge >= 0.3 is 0 Å². The van der Waals surface area contributed by atoms with Crippen molar-refractivity contribution in [2.75, 3.05) is 45.7 Å². The number of rotatable bonds is 8. The minimum atomic E-state index is 0.0588. The lowest BCUT2D eigenvalue weighted by atomic mass is 10.1. The van der Waals surface area contributed by atoms with Crippen molar-refractivity contribution in [1.29, 1.82) is 0 Å². The highest BCUT2D eigenvalue weighted by molar-refractivity contribution is 7.13.